The molecule has 0 aromatic carbocycles. The summed E-state index contributed by atoms with van der Waals surface area (Å²) in [6.07, 6.45) is 7.16. The van der Waals surface area contributed by atoms with Crippen LogP contribution < -0.4 is 5.56 Å². The molecule has 0 amide bonds. The predicted octanol–water partition coefficient (Wildman–Crippen LogP) is 1.12. The van der Waals surface area contributed by atoms with E-state index in [4.69, 9.17) is 0 Å². The first-order valence-electron chi connectivity index (χ1n) is 7.73. The summed E-state index contributed by atoms with van der Waals surface area (Å²) in [7, 11) is -3.19. The molecular weight excluding hydrogens is 330 g/mol. The summed E-state index contributed by atoms with van der Waals surface area (Å²) >= 11 is 0. The molecule has 3 aromatic rings. The van der Waals surface area contributed by atoms with Crippen molar-refractivity contribution in [1.82, 2.24) is 23.8 Å². The van der Waals surface area contributed by atoms with Gasteiger partial charge in [-0.05, 0) is 18.9 Å². The molecule has 128 valence electrons. The normalized spacial score (nSPS) is 17.7. The summed E-state index contributed by atoms with van der Waals surface area (Å²) < 4.78 is 26.6. The van der Waals surface area contributed by atoms with E-state index in [0.29, 0.717) is 37.1 Å². The molecule has 4 rings (SSSR count). The van der Waals surface area contributed by atoms with Crippen molar-refractivity contribution in [3.63, 3.8) is 0 Å². The van der Waals surface area contributed by atoms with Crippen molar-refractivity contribution >= 4 is 32.1 Å². The van der Waals surface area contributed by atoms with Gasteiger partial charge in [-0.2, -0.15) is 0 Å². The highest BCUT2D eigenvalue weighted by molar-refractivity contribution is 7.88. The largest absolute Gasteiger partial charge is 0.346 e. The van der Waals surface area contributed by atoms with Gasteiger partial charge in [-0.15, -0.1) is 0 Å². The number of nitrogens with zero attached hydrogens (tertiary/aromatic N) is 4. The van der Waals surface area contributed by atoms with Gasteiger partial charge in [0.15, 0.2) is 0 Å². The van der Waals surface area contributed by atoms with Gasteiger partial charge in [-0.25, -0.2) is 22.7 Å². The first kappa shape index (κ1) is 15.3. The Morgan fingerprint density at radius 3 is 2.71 bits per heavy atom. The molecule has 1 N–H and O–H groups in total. The lowest BCUT2D eigenvalue weighted by Crippen LogP contribution is -2.40. The zero-order valence-electron chi connectivity index (χ0n) is 13.1. The Kier molecular flexibility index (Phi) is 3.43. The van der Waals surface area contributed by atoms with Crippen molar-refractivity contribution in [3.05, 3.63) is 35.0 Å². The summed E-state index contributed by atoms with van der Waals surface area (Å²) in [6, 6.07) is 1.83. The molecular formula is C15H19N5O3S. The van der Waals surface area contributed by atoms with Crippen molar-refractivity contribution < 1.29 is 9.84 Å². The number of H-pyrrole nitrogens is 1. The first-order valence-corrected chi connectivity index (χ1v) is 9.58. The van der Waals surface area contributed by atoms with Crippen LogP contribution in [0.2, 0.25) is 0 Å². The van der Waals surface area contributed by atoms with Gasteiger partial charge in [0.1, 0.15) is 11.2 Å². The molecule has 24 heavy (non-hydrogen) atoms. The fourth-order valence-corrected chi connectivity index (χ4v) is 4.30. The number of aromatic amines is 1. The number of fused-ring (bicyclic) bond motifs is 3. The average Bonchev–Trinajstić information content (AvgIpc) is 3.03. The number of hydrogen-bond donors (Lipinski definition) is 1. The van der Waals surface area contributed by atoms with Gasteiger partial charge in [0, 0.05) is 32.1 Å². The molecule has 0 bridgehead atoms. The monoisotopic (exact) mass is 349 g/mol. The van der Waals surface area contributed by atoms with Gasteiger partial charge < -0.3 is 9.55 Å². The standard InChI is InChI=1S/C15H17N5O3S.H2/c1-24(22,23)19-6-3-10(4-7-19)20-13(21)9-17-12-8-18-15-11(14(12)20)2-5-16-15;/h2,5,8-10H,3-4,6-7H2,1H3,(H,16,18);1H. The molecule has 9 heteroatoms. The number of piperidine rings is 1. The lowest BCUT2D eigenvalue weighted by molar-refractivity contribution is 0.275. The minimum Gasteiger partial charge on any atom is -0.346 e. The van der Waals surface area contributed by atoms with Gasteiger partial charge in [-0.1, -0.05) is 0 Å². The molecule has 0 saturated carbocycles. The fraction of sp³-hybridized carbons (Fsp3) is 0.400. The average molecular weight is 349 g/mol. The molecule has 0 unspecified atom stereocenters. The molecule has 1 aliphatic heterocycles. The Bertz CT molecular complexity index is 1080. The van der Waals surface area contributed by atoms with Crippen molar-refractivity contribution in [3.8, 4) is 0 Å². The van der Waals surface area contributed by atoms with E-state index in [2.05, 4.69) is 15.0 Å². The third kappa shape index (κ3) is 2.40. The second kappa shape index (κ2) is 5.38. The fourth-order valence-electron chi connectivity index (χ4n) is 3.42. The Labute approximate surface area is 139 Å². The molecule has 1 fully saturated rings. The summed E-state index contributed by atoms with van der Waals surface area (Å²) in [4.78, 5) is 24.1. The number of sulfonamides is 1. The van der Waals surface area contributed by atoms with Crippen LogP contribution in [-0.2, 0) is 10.0 Å². The van der Waals surface area contributed by atoms with Crippen molar-refractivity contribution in [2.45, 2.75) is 18.9 Å². The van der Waals surface area contributed by atoms with Crippen LogP contribution in [0.3, 0.4) is 0 Å². The topological polar surface area (TPSA) is 101 Å². The SMILES string of the molecule is CS(=O)(=O)N1CCC(n2c(=O)cnc3cnc4[nH]ccc4c32)CC1.[HH]. The Hall–Kier alpha value is -2.26. The molecule has 4 heterocycles. The molecule has 8 nitrogen and oxygen atoms in total. The summed E-state index contributed by atoms with van der Waals surface area (Å²) in [6.45, 7) is 0.836. The quantitative estimate of drug-likeness (QED) is 0.747. The maximum absolute atomic E-state index is 12.5. The van der Waals surface area contributed by atoms with Crippen molar-refractivity contribution in [2.75, 3.05) is 19.3 Å². The number of pyridine rings is 1. The van der Waals surface area contributed by atoms with Crippen LogP contribution in [0.1, 0.15) is 20.3 Å². The van der Waals surface area contributed by atoms with E-state index < -0.39 is 10.0 Å². The first-order chi connectivity index (χ1) is 11.4. The molecule has 0 radical (unpaired) electrons. The van der Waals surface area contributed by atoms with E-state index in [1.165, 1.54) is 16.8 Å². The highest BCUT2D eigenvalue weighted by atomic mass is 32.2. The van der Waals surface area contributed by atoms with Crippen molar-refractivity contribution in [1.29, 1.82) is 0 Å². The van der Waals surface area contributed by atoms with Crippen LogP contribution in [0.4, 0.5) is 0 Å². The van der Waals surface area contributed by atoms with E-state index in [-0.39, 0.29) is 13.0 Å². The number of hydrogen-bond acceptors (Lipinski definition) is 5. The lowest BCUT2D eigenvalue weighted by atomic mass is 10.1. The van der Waals surface area contributed by atoms with Crippen LogP contribution >= 0.6 is 0 Å². The van der Waals surface area contributed by atoms with Crippen LogP contribution in [0.25, 0.3) is 22.1 Å². The van der Waals surface area contributed by atoms with E-state index in [1.807, 2.05) is 6.07 Å². The van der Waals surface area contributed by atoms with Gasteiger partial charge in [-0.3, -0.25) is 4.79 Å². The van der Waals surface area contributed by atoms with E-state index in [1.54, 1.807) is 17.0 Å². The predicted molar refractivity (Wildman–Crippen MR) is 92.5 cm³/mol. The van der Waals surface area contributed by atoms with Gasteiger partial charge in [0.2, 0.25) is 10.0 Å². The minimum atomic E-state index is -3.19. The Morgan fingerprint density at radius 2 is 2.00 bits per heavy atom. The maximum Gasteiger partial charge on any atom is 0.269 e. The van der Waals surface area contributed by atoms with Crippen LogP contribution in [-0.4, -0.2) is 51.6 Å². The van der Waals surface area contributed by atoms with E-state index in [0.717, 1.165) is 10.9 Å². The Balaban J connectivity index is 0.00000182. The van der Waals surface area contributed by atoms with Crippen LogP contribution in [0.5, 0.6) is 0 Å². The molecule has 3 aromatic heterocycles. The maximum atomic E-state index is 12.5. The third-order valence-electron chi connectivity index (χ3n) is 4.59. The van der Waals surface area contributed by atoms with Crippen LogP contribution in [0.15, 0.2) is 29.5 Å². The number of rotatable bonds is 2. The highest BCUT2D eigenvalue weighted by Crippen LogP contribution is 2.28. The summed E-state index contributed by atoms with van der Waals surface area (Å²) in [5.41, 5.74) is 1.95. The zero-order chi connectivity index (χ0) is 16.9. The highest BCUT2D eigenvalue weighted by Gasteiger charge is 2.27. The second-order valence-corrected chi connectivity index (χ2v) is 8.07. The van der Waals surface area contributed by atoms with E-state index >= 15 is 0 Å². The molecule has 0 spiro atoms. The second-order valence-electron chi connectivity index (χ2n) is 6.09. The molecule has 0 atom stereocenters. The molecule has 0 aliphatic carbocycles. The van der Waals surface area contributed by atoms with E-state index in [9.17, 15) is 13.2 Å². The van der Waals surface area contributed by atoms with Gasteiger partial charge in [0.25, 0.3) is 5.56 Å². The van der Waals surface area contributed by atoms with Crippen molar-refractivity contribution in [2.24, 2.45) is 0 Å². The lowest BCUT2D eigenvalue weighted by Gasteiger charge is -2.31. The molecule has 1 saturated heterocycles. The third-order valence-corrected chi connectivity index (χ3v) is 5.89. The Morgan fingerprint density at radius 1 is 1.25 bits per heavy atom. The number of aromatic nitrogens is 4. The molecule has 1 aliphatic rings. The smallest absolute Gasteiger partial charge is 0.269 e. The van der Waals surface area contributed by atoms with Crippen LogP contribution in [0, 0.1) is 0 Å². The minimum absolute atomic E-state index is 0. The number of nitrogens with one attached hydrogen (secondary N) is 1. The zero-order valence-corrected chi connectivity index (χ0v) is 14.0. The van der Waals surface area contributed by atoms with Gasteiger partial charge >= 0.3 is 0 Å². The van der Waals surface area contributed by atoms with Gasteiger partial charge in [0.05, 0.1) is 24.2 Å². The summed E-state index contributed by atoms with van der Waals surface area (Å²) in [5, 5.41) is 0.850. The summed E-state index contributed by atoms with van der Waals surface area (Å²) in [5.74, 6) is 0.